The van der Waals surface area contributed by atoms with Crippen LogP contribution in [0.3, 0.4) is 0 Å². The average Bonchev–Trinajstić information content (AvgIpc) is 3.72. The highest BCUT2D eigenvalue weighted by molar-refractivity contribution is 5.63. The Bertz CT molecular complexity index is 1630. The largest absolute Gasteiger partial charge is 0.497 e. The molecule has 2 heterocycles. The molecule has 0 radical (unpaired) electrons. The third-order valence-electron chi connectivity index (χ3n) is 9.50. The molecule has 6 rings (SSSR count). The molecule has 46 heavy (non-hydrogen) atoms. The van der Waals surface area contributed by atoms with E-state index < -0.39 is 29.1 Å². The zero-order chi connectivity index (χ0) is 32.5. The first-order valence-electron chi connectivity index (χ1n) is 15.7. The van der Waals surface area contributed by atoms with Crippen LogP contribution in [-0.4, -0.2) is 78.9 Å². The van der Waals surface area contributed by atoms with Crippen LogP contribution in [-0.2, 0) is 11.2 Å². The lowest BCUT2D eigenvalue weighted by Gasteiger charge is -2.40. The topological polar surface area (TPSA) is 132 Å². The number of rotatable bonds is 13. The van der Waals surface area contributed by atoms with Crippen LogP contribution >= 0.6 is 0 Å². The summed E-state index contributed by atoms with van der Waals surface area (Å²) in [5.74, 6) is 0.405. The predicted molar refractivity (Wildman–Crippen MR) is 172 cm³/mol. The van der Waals surface area contributed by atoms with E-state index in [1.54, 1.807) is 26.4 Å². The highest BCUT2D eigenvalue weighted by Gasteiger charge is 2.78. The van der Waals surface area contributed by atoms with Crippen molar-refractivity contribution in [2.45, 2.75) is 49.4 Å². The van der Waals surface area contributed by atoms with E-state index in [-0.39, 0.29) is 11.9 Å². The fraction of sp³-hybridized carbons (Fsp3) is 0.429. The molecule has 11 nitrogen and oxygen atoms in total. The van der Waals surface area contributed by atoms with Gasteiger partial charge < -0.3 is 43.8 Å². The number of aromatic nitrogens is 2. The van der Waals surface area contributed by atoms with Crippen molar-refractivity contribution in [3.63, 3.8) is 0 Å². The fourth-order valence-corrected chi connectivity index (χ4v) is 7.26. The smallest absolute Gasteiger partial charge is 0.315 e. The molecule has 0 saturated heterocycles. The molecule has 1 saturated carbocycles. The number of fused-ring (bicyclic) bond motifs is 3. The summed E-state index contributed by atoms with van der Waals surface area (Å²) in [5, 5.41) is 37.6. The average molecular weight is 631 g/mol. The van der Waals surface area contributed by atoms with Crippen molar-refractivity contribution in [2.24, 2.45) is 0 Å². The van der Waals surface area contributed by atoms with Crippen molar-refractivity contribution in [1.29, 1.82) is 0 Å². The first-order chi connectivity index (χ1) is 22.4. The van der Waals surface area contributed by atoms with Crippen molar-refractivity contribution in [2.75, 3.05) is 52.8 Å². The van der Waals surface area contributed by atoms with E-state index in [1.807, 2.05) is 54.6 Å². The molecule has 244 valence electrons. The molecule has 1 aromatic heterocycles. The molecule has 0 bridgehead atoms. The zero-order valence-electron chi connectivity index (χ0n) is 26.9. The highest BCUT2D eigenvalue weighted by atomic mass is 16.5. The minimum absolute atomic E-state index is 0.181. The molecule has 11 heteroatoms. The molecule has 1 aliphatic carbocycles. The maximum atomic E-state index is 13.2. The Labute approximate surface area is 269 Å². The Kier molecular flexibility index (Phi) is 8.82. The number of aliphatic hydroxyl groups is 2. The van der Waals surface area contributed by atoms with Crippen LogP contribution in [0.2, 0.25) is 0 Å². The number of ether oxygens (including phenoxy) is 4. The van der Waals surface area contributed by atoms with Gasteiger partial charge in [-0.25, -0.2) is 0 Å². The lowest BCUT2D eigenvalue weighted by Crippen LogP contribution is -2.52. The lowest BCUT2D eigenvalue weighted by atomic mass is 9.70. The second-order valence-corrected chi connectivity index (χ2v) is 11.6. The highest BCUT2D eigenvalue weighted by Crippen LogP contribution is 2.72. The van der Waals surface area contributed by atoms with Gasteiger partial charge in [-0.05, 0) is 49.3 Å². The standard InChI is InChI=1S/C35H42N4O7/c1-6-39(7-2)19-11-18-36-33-38-37-32(45-33)28-29(22-12-9-8-10-13-22)35(23-14-16-24(42-3)17-15-23)34(41,31(28)40)30-26(44-5)20-25(43-4)21-27(30)46-35/h8-10,12-17,20-21,28-29,31,40-41H,6-7,11,18-19H2,1-5H3,(H,36,38). The molecule has 1 aliphatic heterocycles. The van der Waals surface area contributed by atoms with Crippen molar-refractivity contribution in [3.8, 4) is 23.0 Å². The Balaban J connectivity index is 1.50. The summed E-state index contributed by atoms with van der Waals surface area (Å²) in [7, 11) is 4.65. The second kappa shape index (κ2) is 12.8. The Morgan fingerprint density at radius 2 is 1.63 bits per heavy atom. The van der Waals surface area contributed by atoms with Crippen molar-refractivity contribution in [3.05, 3.63) is 89.3 Å². The maximum absolute atomic E-state index is 13.2. The number of hydrogen-bond acceptors (Lipinski definition) is 11. The van der Waals surface area contributed by atoms with Gasteiger partial charge in [0.05, 0.1) is 32.8 Å². The molecule has 5 atom stereocenters. The maximum Gasteiger partial charge on any atom is 0.315 e. The van der Waals surface area contributed by atoms with Gasteiger partial charge in [0, 0.05) is 24.6 Å². The number of methoxy groups -OCH3 is 3. The van der Waals surface area contributed by atoms with Gasteiger partial charge in [-0.15, -0.1) is 5.10 Å². The van der Waals surface area contributed by atoms with Gasteiger partial charge in [0.2, 0.25) is 5.89 Å². The number of nitrogens with one attached hydrogen (secondary N) is 1. The summed E-state index contributed by atoms with van der Waals surface area (Å²) >= 11 is 0. The number of benzene rings is 3. The first-order valence-corrected chi connectivity index (χ1v) is 15.7. The molecule has 0 spiro atoms. The lowest BCUT2D eigenvalue weighted by molar-refractivity contribution is -0.151. The monoisotopic (exact) mass is 630 g/mol. The third-order valence-corrected chi connectivity index (χ3v) is 9.50. The van der Waals surface area contributed by atoms with Crippen LogP contribution in [0.5, 0.6) is 23.0 Å². The van der Waals surface area contributed by atoms with Gasteiger partial charge in [-0.2, -0.15) is 0 Å². The SMILES string of the molecule is CCN(CC)CCCNc1nnc(C2C(O)C3(O)c4c(OC)cc(OC)cc4OC3(c3ccc(OC)cc3)C2c2ccccc2)o1. The van der Waals surface area contributed by atoms with Crippen LogP contribution in [0.15, 0.2) is 71.1 Å². The van der Waals surface area contributed by atoms with E-state index in [1.165, 1.54) is 7.11 Å². The van der Waals surface area contributed by atoms with Gasteiger partial charge in [-0.1, -0.05) is 61.4 Å². The van der Waals surface area contributed by atoms with Crippen LogP contribution in [0.4, 0.5) is 6.01 Å². The molecule has 2 aliphatic rings. The summed E-state index contributed by atoms with van der Waals surface area (Å²) in [5.41, 5.74) is -1.83. The number of hydrogen-bond donors (Lipinski definition) is 3. The van der Waals surface area contributed by atoms with Crippen molar-refractivity contribution in [1.82, 2.24) is 15.1 Å². The molecule has 3 N–H and O–H groups in total. The molecular weight excluding hydrogens is 588 g/mol. The van der Waals surface area contributed by atoms with E-state index in [9.17, 15) is 10.2 Å². The van der Waals surface area contributed by atoms with Gasteiger partial charge in [-0.3, -0.25) is 0 Å². The minimum Gasteiger partial charge on any atom is -0.497 e. The summed E-state index contributed by atoms with van der Waals surface area (Å²) in [6, 6.07) is 20.6. The van der Waals surface area contributed by atoms with Crippen molar-refractivity contribution < 1.29 is 33.6 Å². The normalized spacial score (nSPS) is 24.7. The number of anilines is 1. The van der Waals surface area contributed by atoms with Gasteiger partial charge in [0.1, 0.15) is 29.1 Å². The molecule has 5 unspecified atom stereocenters. The summed E-state index contributed by atoms with van der Waals surface area (Å²) < 4.78 is 30.0. The summed E-state index contributed by atoms with van der Waals surface area (Å²) in [6.45, 7) is 7.86. The van der Waals surface area contributed by atoms with E-state index in [0.29, 0.717) is 40.7 Å². The van der Waals surface area contributed by atoms with Crippen LogP contribution < -0.4 is 24.3 Å². The fourth-order valence-electron chi connectivity index (χ4n) is 7.26. The molecule has 0 amide bonds. The van der Waals surface area contributed by atoms with Crippen LogP contribution in [0, 0.1) is 0 Å². The molecule has 1 fully saturated rings. The second-order valence-electron chi connectivity index (χ2n) is 11.6. The van der Waals surface area contributed by atoms with Gasteiger partial charge >= 0.3 is 6.01 Å². The van der Waals surface area contributed by atoms with E-state index >= 15 is 0 Å². The quantitative estimate of drug-likeness (QED) is 0.178. The Hall–Kier alpha value is -4.32. The van der Waals surface area contributed by atoms with Crippen LogP contribution in [0.25, 0.3) is 0 Å². The molecule has 4 aromatic rings. The van der Waals surface area contributed by atoms with Gasteiger partial charge in [0.15, 0.2) is 11.2 Å². The Morgan fingerprint density at radius 3 is 2.28 bits per heavy atom. The third kappa shape index (κ3) is 4.94. The van der Waals surface area contributed by atoms with E-state index in [2.05, 4.69) is 34.3 Å². The zero-order valence-corrected chi connectivity index (χ0v) is 26.9. The number of aliphatic hydroxyl groups excluding tert-OH is 1. The molecular formula is C35H42N4O7. The summed E-state index contributed by atoms with van der Waals surface area (Å²) in [6.07, 6.45) is -0.564. The van der Waals surface area contributed by atoms with E-state index in [4.69, 9.17) is 23.4 Å². The van der Waals surface area contributed by atoms with E-state index in [0.717, 1.165) is 31.6 Å². The predicted octanol–water partition coefficient (Wildman–Crippen LogP) is 4.66. The van der Waals surface area contributed by atoms with Crippen molar-refractivity contribution >= 4 is 6.01 Å². The Morgan fingerprint density at radius 1 is 0.913 bits per heavy atom. The first kappa shape index (κ1) is 31.7. The molecule has 3 aromatic carbocycles. The minimum atomic E-state index is -2.02. The van der Waals surface area contributed by atoms with Crippen LogP contribution in [0.1, 0.15) is 54.7 Å². The summed E-state index contributed by atoms with van der Waals surface area (Å²) in [4.78, 5) is 2.35. The van der Waals surface area contributed by atoms with Gasteiger partial charge in [0.25, 0.3) is 0 Å². The number of nitrogens with zero attached hydrogens (tertiary/aromatic N) is 3.